The van der Waals surface area contributed by atoms with Gasteiger partial charge in [0.15, 0.2) is 0 Å². The number of likely N-dealkylation sites (tertiary alicyclic amines) is 1. The molecule has 1 atom stereocenters. The third kappa shape index (κ3) is 2.02. The lowest BCUT2D eigenvalue weighted by atomic mass is 10.0. The van der Waals surface area contributed by atoms with Crippen molar-refractivity contribution in [3.05, 3.63) is 29.3 Å². The van der Waals surface area contributed by atoms with Crippen LogP contribution >= 0.6 is 0 Å². The van der Waals surface area contributed by atoms with Gasteiger partial charge in [-0.1, -0.05) is 0 Å². The standard InChI is InChI=1S/C14H16N2O4/c15-14(13(18)19)4-5-16(8-14)12(17)10-1-2-11-9(7-10)3-6-20-11/h1-2,7H,3-6,8,15H2,(H,18,19). The van der Waals surface area contributed by atoms with Crippen molar-refractivity contribution in [1.29, 1.82) is 0 Å². The molecule has 1 amide bonds. The van der Waals surface area contributed by atoms with Crippen LogP contribution in [0.1, 0.15) is 22.3 Å². The van der Waals surface area contributed by atoms with E-state index >= 15 is 0 Å². The van der Waals surface area contributed by atoms with E-state index in [1.54, 1.807) is 12.1 Å². The van der Waals surface area contributed by atoms with E-state index in [2.05, 4.69) is 0 Å². The van der Waals surface area contributed by atoms with Crippen LogP contribution in [0.15, 0.2) is 18.2 Å². The third-order valence-corrected chi connectivity index (χ3v) is 3.95. The Bertz CT molecular complexity index is 587. The number of ether oxygens (including phenoxy) is 1. The summed E-state index contributed by atoms with van der Waals surface area (Å²) in [5, 5.41) is 9.09. The van der Waals surface area contributed by atoms with Crippen molar-refractivity contribution in [2.75, 3.05) is 19.7 Å². The van der Waals surface area contributed by atoms with Gasteiger partial charge in [-0.3, -0.25) is 9.59 Å². The molecular weight excluding hydrogens is 260 g/mol. The van der Waals surface area contributed by atoms with Crippen LogP contribution in [0.2, 0.25) is 0 Å². The number of hydrogen-bond donors (Lipinski definition) is 2. The molecule has 0 bridgehead atoms. The molecule has 0 aliphatic carbocycles. The third-order valence-electron chi connectivity index (χ3n) is 3.95. The van der Waals surface area contributed by atoms with Gasteiger partial charge in [0, 0.05) is 25.1 Å². The normalized spacial score (nSPS) is 24.4. The van der Waals surface area contributed by atoms with E-state index < -0.39 is 11.5 Å². The van der Waals surface area contributed by atoms with E-state index in [-0.39, 0.29) is 18.9 Å². The fraction of sp³-hybridized carbons (Fsp3) is 0.429. The molecule has 0 spiro atoms. The Labute approximate surface area is 116 Å². The van der Waals surface area contributed by atoms with E-state index in [1.165, 1.54) is 4.90 Å². The van der Waals surface area contributed by atoms with Crippen LogP contribution in [0.25, 0.3) is 0 Å². The number of carbonyl (C=O) groups is 2. The molecule has 2 aliphatic heterocycles. The molecule has 6 heteroatoms. The molecule has 20 heavy (non-hydrogen) atoms. The molecule has 0 radical (unpaired) electrons. The Morgan fingerprint density at radius 3 is 2.90 bits per heavy atom. The topological polar surface area (TPSA) is 92.9 Å². The maximum atomic E-state index is 12.4. The summed E-state index contributed by atoms with van der Waals surface area (Å²) in [5.41, 5.74) is 6.04. The zero-order valence-electron chi connectivity index (χ0n) is 11.0. The molecule has 1 fully saturated rings. The van der Waals surface area contributed by atoms with Gasteiger partial charge in [0.2, 0.25) is 0 Å². The summed E-state index contributed by atoms with van der Waals surface area (Å²) in [4.78, 5) is 25.0. The molecular formula is C14H16N2O4. The predicted octanol–water partition coefficient (Wildman–Crippen LogP) is 0.250. The van der Waals surface area contributed by atoms with Crippen molar-refractivity contribution >= 4 is 11.9 Å². The van der Waals surface area contributed by atoms with Crippen molar-refractivity contribution in [2.45, 2.75) is 18.4 Å². The molecule has 3 rings (SSSR count). The lowest BCUT2D eigenvalue weighted by Crippen LogP contribution is -2.50. The van der Waals surface area contributed by atoms with Crippen LogP contribution in [-0.4, -0.2) is 47.1 Å². The monoisotopic (exact) mass is 276 g/mol. The number of benzene rings is 1. The zero-order chi connectivity index (χ0) is 14.3. The van der Waals surface area contributed by atoms with Crippen LogP contribution in [0.3, 0.4) is 0 Å². The molecule has 0 saturated carbocycles. The van der Waals surface area contributed by atoms with Crippen LogP contribution in [-0.2, 0) is 11.2 Å². The van der Waals surface area contributed by atoms with Crippen molar-refractivity contribution in [3.8, 4) is 5.75 Å². The molecule has 2 aliphatic rings. The minimum absolute atomic E-state index is 0.0503. The van der Waals surface area contributed by atoms with Crippen molar-refractivity contribution < 1.29 is 19.4 Å². The van der Waals surface area contributed by atoms with Gasteiger partial charge in [-0.25, -0.2) is 0 Å². The summed E-state index contributed by atoms with van der Waals surface area (Å²) in [6.07, 6.45) is 1.08. The smallest absolute Gasteiger partial charge is 0.325 e. The number of nitrogens with zero attached hydrogens (tertiary/aromatic N) is 1. The summed E-state index contributed by atoms with van der Waals surface area (Å²) >= 11 is 0. The first-order valence-electron chi connectivity index (χ1n) is 6.57. The molecule has 2 heterocycles. The van der Waals surface area contributed by atoms with Gasteiger partial charge in [-0.05, 0) is 30.2 Å². The maximum Gasteiger partial charge on any atom is 0.325 e. The average molecular weight is 276 g/mol. The van der Waals surface area contributed by atoms with Gasteiger partial charge in [0.25, 0.3) is 5.91 Å². The molecule has 1 saturated heterocycles. The zero-order valence-corrected chi connectivity index (χ0v) is 11.0. The first-order chi connectivity index (χ1) is 9.49. The van der Waals surface area contributed by atoms with Crippen molar-refractivity contribution in [1.82, 2.24) is 4.90 Å². The molecule has 1 aromatic carbocycles. The Balaban J connectivity index is 1.79. The lowest BCUT2D eigenvalue weighted by molar-refractivity contribution is -0.142. The van der Waals surface area contributed by atoms with Gasteiger partial charge in [-0.15, -0.1) is 0 Å². The second-order valence-corrected chi connectivity index (χ2v) is 5.36. The van der Waals surface area contributed by atoms with Gasteiger partial charge in [0.05, 0.1) is 6.61 Å². The predicted molar refractivity (Wildman–Crippen MR) is 70.7 cm³/mol. The van der Waals surface area contributed by atoms with Crippen molar-refractivity contribution in [2.24, 2.45) is 5.73 Å². The Morgan fingerprint density at radius 2 is 2.20 bits per heavy atom. The van der Waals surface area contributed by atoms with Crippen LogP contribution in [0.5, 0.6) is 5.75 Å². The summed E-state index contributed by atoms with van der Waals surface area (Å²) < 4.78 is 5.40. The quantitative estimate of drug-likeness (QED) is 0.807. The minimum atomic E-state index is -1.32. The summed E-state index contributed by atoms with van der Waals surface area (Å²) in [6.45, 7) is 1.06. The highest BCUT2D eigenvalue weighted by Crippen LogP contribution is 2.27. The first kappa shape index (κ1) is 12.9. The molecule has 106 valence electrons. The number of carbonyl (C=O) groups excluding carboxylic acids is 1. The van der Waals surface area contributed by atoms with E-state index in [4.69, 9.17) is 15.6 Å². The maximum absolute atomic E-state index is 12.4. The Hall–Kier alpha value is -2.08. The molecule has 1 aromatic rings. The first-order valence-corrected chi connectivity index (χ1v) is 6.57. The summed E-state index contributed by atoms with van der Waals surface area (Å²) in [6, 6.07) is 5.32. The fourth-order valence-corrected chi connectivity index (χ4v) is 2.68. The lowest BCUT2D eigenvalue weighted by Gasteiger charge is -2.20. The Kier molecular flexibility index (Phi) is 2.90. The highest BCUT2D eigenvalue weighted by molar-refractivity contribution is 5.95. The van der Waals surface area contributed by atoms with Crippen LogP contribution in [0.4, 0.5) is 0 Å². The largest absolute Gasteiger partial charge is 0.493 e. The van der Waals surface area contributed by atoms with Gasteiger partial charge >= 0.3 is 5.97 Å². The van der Waals surface area contributed by atoms with Gasteiger partial charge < -0.3 is 20.5 Å². The SMILES string of the molecule is NC1(C(=O)O)CCN(C(=O)c2ccc3c(c2)CCO3)C1. The molecule has 1 unspecified atom stereocenters. The van der Waals surface area contributed by atoms with E-state index in [0.717, 1.165) is 17.7 Å². The van der Waals surface area contributed by atoms with E-state index in [1.807, 2.05) is 6.07 Å². The number of aliphatic carboxylic acids is 1. The van der Waals surface area contributed by atoms with Crippen molar-refractivity contribution in [3.63, 3.8) is 0 Å². The minimum Gasteiger partial charge on any atom is -0.493 e. The average Bonchev–Trinajstić information content (AvgIpc) is 3.04. The number of nitrogens with two attached hydrogens (primary N) is 1. The second-order valence-electron chi connectivity index (χ2n) is 5.36. The molecule has 0 aromatic heterocycles. The highest BCUT2D eigenvalue weighted by Gasteiger charge is 2.43. The number of rotatable bonds is 2. The number of carboxylic acid groups (broad SMARTS) is 1. The van der Waals surface area contributed by atoms with Gasteiger partial charge in [0.1, 0.15) is 11.3 Å². The van der Waals surface area contributed by atoms with E-state index in [0.29, 0.717) is 18.7 Å². The highest BCUT2D eigenvalue weighted by atomic mass is 16.5. The Morgan fingerprint density at radius 1 is 1.40 bits per heavy atom. The summed E-state index contributed by atoms with van der Waals surface area (Å²) in [5.74, 6) is -0.412. The number of carboxylic acids is 1. The van der Waals surface area contributed by atoms with E-state index in [9.17, 15) is 9.59 Å². The molecule has 6 nitrogen and oxygen atoms in total. The number of hydrogen-bond acceptors (Lipinski definition) is 4. The number of amides is 1. The van der Waals surface area contributed by atoms with Crippen LogP contribution in [0, 0.1) is 0 Å². The number of fused-ring (bicyclic) bond motifs is 1. The van der Waals surface area contributed by atoms with Gasteiger partial charge in [-0.2, -0.15) is 0 Å². The fourth-order valence-electron chi connectivity index (χ4n) is 2.68. The molecule has 3 N–H and O–H groups in total. The van der Waals surface area contributed by atoms with Crippen LogP contribution < -0.4 is 10.5 Å². The summed E-state index contributed by atoms with van der Waals surface area (Å²) in [7, 11) is 0. The second kappa shape index (κ2) is 4.49.